The molecule has 3 heteroatoms. The van der Waals surface area contributed by atoms with E-state index >= 15 is 0 Å². The summed E-state index contributed by atoms with van der Waals surface area (Å²) in [6.45, 7) is 0.609. The van der Waals surface area contributed by atoms with Gasteiger partial charge in [0.25, 0.3) is 6.43 Å². The van der Waals surface area contributed by atoms with Gasteiger partial charge in [-0.15, -0.1) is 0 Å². The standard InChI is InChI=1S/C18H15F2N/c19-18(20)15-10-8-13(9-11-15)12-21-17-7-3-5-14-4-1-2-6-16(14)17/h1-11,18,21H,12H2. The van der Waals surface area contributed by atoms with Crippen molar-refractivity contribution in [1.29, 1.82) is 0 Å². The third-order valence-electron chi connectivity index (χ3n) is 3.50. The molecule has 3 aromatic carbocycles. The number of anilines is 1. The predicted octanol–water partition coefficient (Wildman–Crippen LogP) is 5.39. The summed E-state index contributed by atoms with van der Waals surface area (Å²) in [6.07, 6.45) is -2.41. The molecule has 0 aromatic heterocycles. The van der Waals surface area contributed by atoms with E-state index in [1.807, 2.05) is 24.3 Å². The van der Waals surface area contributed by atoms with Gasteiger partial charge in [0, 0.05) is 23.2 Å². The van der Waals surface area contributed by atoms with Crippen molar-refractivity contribution in [3.8, 4) is 0 Å². The van der Waals surface area contributed by atoms with E-state index in [1.165, 1.54) is 17.5 Å². The fraction of sp³-hybridized carbons (Fsp3) is 0.111. The Morgan fingerprint density at radius 3 is 2.29 bits per heavy atom. The van der Waals surface area contributed by atoms with Gasteiger partial charge in [-0.3, -0.25) is 0 Å². The number of nitrogens with one attached hydrogen (secondary N) is 1. The molecule has 0 aliphatic rings. The number of benzene rings is 3. The van der Waals surface area contributed by atoms with Gasteiger partial charge in [-0.1, -0.05) is 60.7 Å². The van der Waals surface area contributed by atoms with Crippen molar-refractivity contribution in [3.05, 3.63) is 77.9 Å². The molecule has 0 amide bonds. The van der Waals surface area contributed by atoms with E-state index in [0.29, 0.717) is 6.54 Å². The quantitative estimate of drug-likeness (QED) is 0.677. The fourth-order valence-corrected chi connectivity index (χ4v) is 2.36. The number of hydrogen-bond donors (Lipinski definition) is 1. The van der Waals surface area contributed by atoms with Crippen LogP contribution >= 0.6 is 0 Å². The molecule has 106 valence electrons. The first-order chi connectivity index (χ1) is 10.2. The second-order valence-corrected chi connectivity index (χ2v) is 4.92. The van der Waals surface area contributed by atoms with Crippen LogP contribution < -0.4 is 5.32 Å². The number of halogens is 2. The van der Waals surface area contributed by atoms with Crippen LogP contribution in [0.15, 0.2) is 66.7 Å². The van der Waals surface area contributed by atoms with Gasteiger partial charge in [-0.05, 0) is 17.0 Å². The van der Waals surface area contributed by atoms with Gasteiger partial charge >= 0.3 is 0 Å². The van der Waals surface area contributed by atoms with Gasteiger partial charge in [-0.25, -0.2) is 8.78 Å². The lowest BCUT2D eigenvalue weighted by molar-refractivity contribution is 0.151. The number of rotatable bonds is 4. The molecule has 0 radical (unpaired) electrons. The molecular weight excluding hydrogens is 268 g/mol. The monoisotopic (exact) mass is 283 g/mol. The Kier molecular flexibility index (Phi) is 3.82. The van der Waals surface area contributed by atoms with Gasteiger partial charge in [0.2, 0.25) is 0 Å². The maximum Gasteiger partial charge on any atom is 0.263 e. The Morgan fingerprint density at radius 2 is 1.52 bits per heavy atom. The van der Waals surface area contributed by atoms with Gasteiger partial charge < -0.3 is 5.32 Å². The summed E-state index contributed by atoms with van der Waals surface area (Å²) in [6, 6.07) is 20.7. The minimum atomic E-state index is -2.41. The molecule has 0 fully saturated rings. The fourth-order valence-electron chi connectivity index (χ4n) is 2.36. The highest BCUT2D eigenvalue weighted by molar-refractivity contribution is 5.93. The van der Waals surface area contributed by atoms with Crippen LogP contribution in [0, 0.1) is 0 Å². The van der Waals surface area contributed by atoms with E-state index in [2.05, 4.69) is 23.5 Å². The van der Waals surface area contributed by atoms with E-state index in [1.54, 1.807) is 12.1 Å². The van der Waals surface area contributed by atoms with Crippen molar-refractivity contribution in [2.75, 3.05) is 5.32 Å². The van der Waals surface area contributed by atoms with Crippen LogP contribution in [0.25, 0.3) is 10.8 Å². The molecule has 0 unspecified atom stereocenters. The molecule has 0 spiro atoms. The Balaban J connectivity index is 1.77. The van der Waals surface area contributed by atoms with Crippen molar-refractivity contribution >= 4 is 16.5 Å². The first-order valence-corrected chi connectivity index (χ1v) is 6.82. The zero-order valence-corrected chi connectivity index (χ0v) is 11.4. The van der Waals surface area contributed by atoms with Crippen molar-refractivity contribution in [1.82, 2.24) is 0 Å². The van der Waals surface area contributed by atoms with Crippen molar-refractivity contribution < 1.29 is 8.78 Å². The predicted molar refractivity (Wildman–Crippen MR) is 82.7 cm³/mol. The maximum absolute atomic E-state index is 12.5. The molecule has 0 bridgehead atoms. The first-order valence-electron chi connectivity index (χ1n) is 6.82. The normalized spacial score (nSPS) is 11.0. The lowest BCUT2D eigenvalue weighted by Crippen LogP contribution is -2.00. The van der Waals surface area contributed by atoms with Crippen molar-refractivity contribution in [2.45, 2.75) is 13.0 Å². The molecule has 0 atom stereocenters. The van der Waals surface area contributed by atoms with E-state index in [4.69, 9.17) is 0 Å². The second-order valence-electron chi connectivity index (χ2n) is 4.92. The molecule has 1 nitrogen and oxygen atoms in total. The minimum Gasteiger partial charge on any atom is -0.380 e. The van der Waals surface area contributed by atoms with E-state index in [9.17, 15) is 8.78 Å². The first kappa shape index (κ1) is 13.6. The van der Waals surface area contributed by atoms with Gasteiger partial charge in [0.05, 0.1) is 0 Å². The second kappa shape index (κ2) is 5.92. The molecule has 0 saturated carbocycles. The maximum atomic E-state index is 12.5. The highest BCUT2D eigenvalue weighted by Gasteiger charge is 2.06. The third-order valence-corrected chi connectivity index (χ3v) is 3.50. The molecule has 0 aliphatic heterocycles. The van der Waals surface area contributed by atoms with Crippen LogP contribution in [0.5, 0.6) is 0 Å². The molecule has 1 N–H and O–H groups in total. The molecule has 0 heterocycles. The van der Waals surface area contributed by atoms with Gasteiger partial charge in [0.1, 0.15) is 0 Å². The zero-order valence-electron chi connectivity index (χ0n) is 11.4. The van der Waals surface area contributed by atoms with Gasteiger partial charge in [0.15, 0.2) is 0 Å². The van der Waals surface area contributed by atoms with E-state index in [-0.39, 0.29) is 5.56 Å². The average molecular weight is 283 g/mol. The highest BCUT2D eigenvalue weighted by atomic mass is 19.3. The smallest absolute Gasteiger partial charge is 0.263 e. The Hall–Kier alpha value is -2.42. The SMILES string of the molecule is FC(F)c1ccc(CNc2cccc3ccccc23)cc1. The molecule has 3 aromatic rings. The third kappa shape index (κ3) is 3.02. The summed E-state index contributed by atoms with van der Waals surface area (Å²) in [5.41, 5.74) is 2.09. The highest BCUT2D eigenvalue weighted by Crippen LogP contribution is 2.24. The van der Waals surface area contributed by atoms with Crippen molar-refractivity contribution in [2.24, 2.45) is 0 Å². The number of hydrogen-bond acceptors (Lipinski definition) is 1. The molecule has 0 aliphatic carbocycles. The van der Waals surface area contributed by atoms with E-state index < -0.39 is 6.43 Å². The topological polar surface area (TPSA) is 12.0 Å². The van der Waals surface area contributed by atoms with Gasteiger partial charge in [-0.2, -0.15) is 0 Å². The van der Waals surface area contributed by atoms with Crippen LogP contribution in [-0.2, 0) is 6.54 Å². The summed E-state index contributed by atoms with van der Waals surface area (Å²) in [4.78, 5) is 0. The lowest BCUT2D eigenvalue weighted by Gasteiger charge is -2.10. The minimum absolute atomic E-state index is 0.0592. The summed E-state index contributed by atoms with van der Waals surface area (Å²) >= 11 is 0. The Morgan fingerprint density at radius 1 is 0.810 bits per heavy atom. The summed E-state index contributed by atoms with van der Waals surface area (Å²) < 4.78 is 25.0. The lowest BCUT2D eigenvalue weighted by atomic mass is 10.1. The summed E-state index contributed by atoms with van der Waals surface area (Å²) in [7, 11) is 0. The van der Waals surface area contributed by atoms with Crippen LogP contribution in [0.3, 0.4) is 0 Å². The van der Waals surface area contributed by atoms with Crippen LogP contribution in [-0.4, -0.2) is 0 Å². The number of alkyl halides is 2. The zero-order chi connectivity index (χ0) is 14.7. The Labute approximate surface area is 122 Å². The van der Waals surface area contributed by atoms with Crippen LogP contribution in [0.4, 0.5) is 14.5 Å². The molecule has 21 heavy (non-hydrogen) atoms. The summed E-state index contributed by atoms with van der Waals surface area (Å²) in [5.74, 6) is 0. The Bertz CT molecular complexity index is 730. The number of fused-ring (bicyclic) bond motifs is 1. The molecule has 0 saturated heterocycles. The van der Waals surface area contributed by atoms with Crippen molar-refractivity contribution in [3.63, 3.8) is 0 Å². The van der Waals surface area contributed by atoms with E-state index in [0.717, 1.165) is 16.6 Å². The molecule has 3 rings (SSSR count). The van der Waals surface area contributed by atoms with Crippen LogP contribution in [0.1, 0.15) is 17.6 Å². The largest absolute Gasteiger partial charge is 0.380 e. The average Bonchev–Trinajstić information content (AvgIpc) is 2.53. The van der Waals surface area contributed by atoms with Crippen LogP contribution in [0.2, 0.25) is 0 Å². The summed E-state index contributed by atoms with van der Waals surface area (Å²) in [5, 5.41) is 5.70. The molecular formula is C18H15F2N.